The third-order valence-corrected chi connectivity index (χ3v) is 2.13. The fraction of sp³-hybridized carbons (Fsp3) is 0.455. The Kier molecular flexibility index (Phi) is 3.81. The Morgan fingerprint density at radius 2 is 2.00 bits per heavy atom. The van der Waals surface area contributed by atoms with Gasteiger partial charge in [0.15, 0.2) is 0 Å². The maximum atomic E-state index is 3.16. The normalized spacial score (nSPS) is 10.2. The van der Waals surface area contributed by atoms with Crippen LogP contribution in [0.2, 0.25) is 0 Å². The van der Waals surface area contributed by atoms with Gasteiger partial charge in [-0.05, 0) is 44.5 Å². The van der Waals surface area contributed by atoms with Crippen molar-refractivity contribution in [2.24, 2.45) is 0 Å². The molecule has 0 unspecified atom stereocenters. The van der Waals surface area contributed by atoms with E-state index in [2.05, 4.69) is 36.5 Å². The highest BCUT2D eigenvalue weighted by Crippen LogP contribution is 2.08. The molecule has 0 aliphatic heterocycles. The Bertz CT molecular complexity index is 230. The van der Waals surface area contributed by atoms with Crippen molar-refractivity contribution in [1.29, 1.82) is 0 Å². The molecule has 0 aliphatic rings. The van der Waals surface area contributed by atoms with E-state index in [1.54, 1.807) is 0 Å². The van der Waals surface area contributed by atoms with Gasteiger partial charge in [0.25, 0.3) is 0 Å². The number of nitrogens with one attached hydrogen (secondary N) is 1. The summed E-state index contributed by atoms with van der Waals surface area (Å²) in [6.45, 7) is 3.28. The molecule has 1 aromatic rings. The van der Waals surface area contributed by atoms with Crippen LogP contribution in [0.15, 0.2) is 24.3 Å². The van der Waals surface area contributed by atoms with Crippen molar-refractivity contribution >= 4 is 0 Å². The van der Waals surface area contributed by atoms with E-state index < -0.39 is 0 Å². The van der Waals surface area contributed by atoms with Crippen molar-refractivity contribution < 1.29 is 0 Å². The van der Waals surface area contributed by atoms with Gasteiger partial charge < -0.3 is 5.32 Å². The largest absolute Gasteiger partial charge is 0.320 e. The standard InChI is InChI=1S/C11H17N/c1-10-6-3-4-7-11(10)8-5-9-12-2/h3-4,6-7,12H,5,8-9H2,1-2H3. The first-order valence-corrected chi connectivity index (χ1v) is 4.53. The topological polar surface area (TPSA) is 12.0 Å². The minimum atomic E-state index is 1.11. The van der Waals surface area contributed by atoms with Gasteiger partial charge in [0.1, 0.15) is 0 Å². The number of rotatable bonds is 4. The molecule has 1 rings (SSSR count). The van der Waals surface area contributed by atoms with Crippen LogP contribution < -0.4 is 5.32 Å². The molecular formula is C11H17N. The summed E-state index contributed by atoms with van der Waals surface area (Å²) in [5.41, 5.74) is 2.89. The van der Waals surface area contributed by atoms with E-state index in [0.717, 1.165) is 6.54 Å². The molecule has 1 nitrogen and oxygen atoms in total. The van der Waals surface area contributed by atoms with Gasteiger partial charge in [-0.2, -0.15) is 0 Å². The number of hydrogen-bond donors (Lipinski definition) is 1. The van der Waals surface area contributed by atoms with Crippen molar-refractivity contribution in [1.82, 2.24) is 5.32 Å². The van der Waals surface area contributed by atoms with Gasteiger partial charge in [0, 0.05) is 0 Å². The highest BCUT2D eigenvalue weighted by molar-refractivity contribution is 5.25. The molecule has 1 heteroatoms. The van der Waals surface area contributed by atoms with Crippen LogP contribution in [-0.4, -0.2) is 13.6 Å². The summed E-state index contributed by atoms with van der Waals surface area (Å²) in [6, 6.07) is 8.60. The molecule has 0 aromatic heterocycles. The SMILES string of the molecule is CNCCCc1ccccc1C. The van der Waals surface area contributed by atoms with Crippen molar-refractivity contribution in [2.45, 2.75) is 19.8 Å². The Hall–Kier alpha value is -0.820. The molecular weight excluding hydrogens is 146 g/mol. The van der Waals surface area contributed by atoms with Crippen molar-refractivity contribution in [2.75, 3.05) is 13.6 Å². The summed E-state index contributed by atoms with van der Waals surface area (Å²) in [4.78, 5) is 0. The zero-order chi connectivity index (χ0) is 8.81. The fourth-order valence-corrected chi connectivity index (χ4v) is 1.35. The number of benzene rings is 1. The summed E-state index contributed by atoms with van der Waals surface area (Å²) in [6.07, 6.45) is 2.41. The molecule has 0 atom stereocenters. The quantitative estimate of drug-likeness (QED) is 0.671. The van der Waals surface area contributed by atoms with Crippen LogP contribution >= 0.6 is 0 Å². The predicted octanol–water partition coefficient (Wildman–Crippen LogP) is 2.15. The lowest BCUT2D eigenvalue weighted by molar-refractivity contribution is 0.723. The van der Waals surface area contributed by atoms with E-state index in [9.17, 15) is 0 Å². The number of aryl methyl sites for hydroxylation is 2. The molecule has 0 spiro atoms. The maximum Gasteiger partial charge on any atom is -0.00488 e. The molecule has 66 valence electrons. The van der Waals surface area contributed by atoms with E-state index in [-0.39, 0.29) is 0 Å². The second-order valence-corrected chi connectivity index (χ2v) is 3.13. The van der Waals surface area contributed by atoms with Crippen LogP contribution in [0.1, 0.15) is 17.5 Å². The molecule has 0 aliphatic carbocycles. The molecule has 1 N–H and O–H groups in total. The van der Waals surface area contributed by atoms with Gasteiger partial charge in [0.2, 0.25) is 0 Å². The predicted molar refractivity (Wildman–Crippen MR) is 53.4 cm³/mol. The molecule has 0 saturated heterocycles. The van der Waals surface area contributed by atoms with E-state index in [1.165, 1.54) is 24.0 Å². The second kappa shape index (κ2) is 4.94. The Balaban J connectivity index is 2.46. The molecule has 0 radical (unpaired) electrons. The number of hydrogen-bond acceptors (Lipinski definition) is 1. The highest BCUT2D eigenvalue weighted by Gasteiger charge is 1.94. The van der Waals surface area contributed by atoms with Crippen LogP contribution in [0.3, 0.4) is 0 Å². The van der Waals surface area contributed by atoms with E-state index in [4.69, 9.17) is 0 Å². The molecule has 0 amide bonds. The summed E-state index contributed by atoms with van der Waals surface area (Å²) >= 11 is 0. The average Bonchev–Trinajstić information content (AvgIpc) is 2.09. The lowest BCUT2D eigenvalue weighted by atomic mass is 10.0. The average molecular weight is 163 g/mol. The zero-order valence-corrected chi connectivity index (χ0v) is 7.93. The van der Waals surface area contributed by atoms with Gasteiger partial charge in [-0.15, -0.1) is 0 Å². The fourth-order valence-electron chi connectivity index (χ4n) is 1.35. The van der Waals surface area contributed by atoms with E-state index in [1.807, 2.05) is 7.05 Å². The molecule has 0 saturated carbocycles. The summed E-state index contributed by atoms with van der Waals surface area (Å²) in [5, 5.41) is 3.16. The summed E-state index contributed by atoms with van der Waals surface area (Å²) < 4.78 is 0. The lowest BCUT2D eigenvalue weighted by Gasteiger charge is -2.04. The Morgan fingerprint density at radius 3 is 2.67 bits per heavy atom. The van der Waals surface area contributed by atoms with Gasteiger partial charge in [-0.1, -0.05) is 24.3 Å². The van der Waals surface area contributed by atoms with Crippen LogP contribution in [-0.2, 0) is 6.42 Å². The smallest absolute Gasteiger partial charge is 0.00488 e. The first kappa shape index (κ1) is 9.27. The third-order valence-electron chi connectivity index (χ3n) is 2.13. The van der Waals surface area contributed by atoms with Gasteiger partial charge in [-0.25, -0.2) is 0 Å². The minimum absolute atomic E-state index is 1.11. The van der Waals surface area contributed by atoms with Crippen molar-refractivity contribution in [3.63, 3.8) is 0 Å². The minimum Gasteiger partial charge on any atom is -0.320 e. The second-order valence-electron chi connectivity index (χ2n) is 3.13. The third kappa shape index (κ3) is 2.67. The first-order chi connectivity index (χ1) is 5.84. The lowest BCUT2D eigenvalue weighted by Crippen LogP contribution is -2.08. The van der Waals surface area contributed by atoms with Crippen molar-refractivity contribution in [3.8, 4) is 0 Å². The van der Waals surface area contributed by atoms with Crippen LogP contribution in [0.5, 0.6) is 0 Å². The Labute approximate surface area is 74.8 Å². The summed E-state index contributed by atoms with van der Waals surface area (Å²) in [7, 11) is 2.00. The first-order valence-electron chi connectivity index (χ1n) is 4.53. The molecule has 0 heterocycles. The van der Waals surface area contributed by atoms with Crippen LogP contribution in [0.4, 0.5) is 0 Å². The molecule has 12 heavy (non-hydrogen) atoms. The summed E-state index contributed by atoms with van der Waals surface area (Å²) in [5.74, 6) is 0. The monoisotopic (exact) mass is 163 g/mol. The highest BCUT2D eigenvalue weighted by atomic mass is 14.8. The van der Waals surface area contributed by atoms with Gasteiger partial charge in [-0.3, -0.25) is 0 Å². The Morgan fingerprint density at radius 1 is 1.25 bits per heavy atom. The van der Waals surface area contributed by atoms with Gasteiger partial charge >= 0.3 is 0 Å². The van der Waals surface area contributed by atoms with E-state index >= 15 is 0 Å². The van der Waals surface area contributed by atoms with E-state index in [0.29, 0.717) is 0 Å². The zero-order valence-electron chi connectivity index (χ0n) is 7.93. The molecule has 0 fully saturated rings. The maximum absolute atomic E-state index is 3.16. The van der Waals surface area contributed by atoms with Crippen LogP contribution in [0, 0.1) is 6.92 Å². The van der Waals surface area contributed by atoms with Crippen molar-refractivity contribution in [3.05, 3.63) is 35.4 Å². The van der Waals surface area contributed by atoms with Gasteiger partial charge in [0.05, 0.1) is 0 Å². The molecule has 0 bridgehead atoms. The molecule has 1 aromatic carbocycles. The van der Waals surface area contributed by atoms with Crippen LogP contribution in [0.25, 0.3) is 0 Å².